The van der Waals surface area contributed by atoms with Crippen molar-refractivity contribution in [1.29, 1.82) is 0 Å². The first-order valence-corrected chi connectivity index (χ1v) is 6.66. The van der Waals surface area contributed by atoms with Gasteiger partial charge in [-0.3, -0.25) is 4.79 Å². The van der Waals surface area contributed by atoms with E-state index in [9.17, 15) is 4.79 Å². The number of carbonyl (C=O) groups is 1. The third-order valence-corrected chi connectivity index (χ3v) is 4.70. The van der Waals surface area contributed by atoms with E-state index in [1.807, 2.05) is 0 Å². The first-order valence-electron chi connectivity index (χ1n) is 6.66. The predicted molar refractivity (Wildman–Crippen MR) is 62.6 cm³/mol. The molecular weight excluding hydrogens is 218 g/mol. The molecule has 2 saturated heterocycles. The molecule has 17 heavy (non-hydrogen) atoms. The molecule has 3 fully saturated rings. The number of Topliss-reactive ketones (excluding diaryl/α,β-unsaturated/α-hetero) is 1. The molecule has 0 aromatic carbocycles. The lowest BCUT2D eigenvalue weighted by atomic mass is 9.78. The Hall–Kier alpha value is -0.450. The average molecular weight is 239 g/mol. The lowest BCUT2D eigenvalue weighted by Gasteiger charge is -2.37. The summed E-state index contributed by atoms with van der Waals surface area (Å²) >= 11 is 0. The summed E-state index contributed by atoms with van der Waals surface area (Å²) in [6, 6.07) is 0. The summed E-state index contributed by atoms with van der Waals surface area (Å²) in [5, 5.41) is 0. The van der Waals surface area contributed by atoms with E-state index in [1.54, 1.807) is 0 Å². The van der Waals surface area contributed by atoms with Crippen LogP contribution in [-0.4, -0.2) is 37.7 Å². The van der Waals surface area contributed by atoms with Crippen LogP contribution in [0.4, 0.5) is 0 Å². The Balaban J connectivity index is 1.69. The summed E-state index contributed by atoms with van der Waals surface area (Å²) in [4.78, 5) is 12.5. The number of ether oxygens (including phenoxy) is 2. The Morgan fingerprint density at radius 3 is 2.71 bits per heavy atom. The smallest absolute Gasteiger partial charge is 0.143 e. The molecule has 0 amide bonds. The number of hydrogen-bond acceptors (Lipinski definition) is 4. The summed E-state index contributed by atoms with van der Waals surface area (Å²) in [7, 11) is 0. The number of rotatable bonds is 3. The minimum absolute atomic E-state index is 0.150. The third kappa shape index (κ3) is 1.92. The molecule has 0 radical (unpaired) electrons. The second kappa shape index (κ2) is 4.04. The van der Waals surface area contributed by atoms with Gasteiger partial charge in [0.15, 0.2) is 0 Å². The lowest BCUT2D eigenvalue weighted by Crippen LogP contribution is -2.44. The van der Waals surface area contributed by atoms with Gasteiger partial charge in [0.1, 0.15) is 5.78 Å². The molecule has 0 bridgehead atoms. The van der Waals surface area contributed by atoms with Gasteiger partial charge in [-0.1, -0.05) is 0 Å². The number of carbonyl (C=O) groups excluding carboxylic acids is 1. The molecule has 1 saturated carbocycles. The maximum Gasteiger partial charge on any atom is 0.143 e. The van der Waals surface area contributed by atoms with E-state index in [1.165, 1.54) is 0 Å². The van der Waals surface area contributed by atoms with Crippen molar-refractivity contribution in [1.82, 2.24) is 0 Å². The molecule has 1 spiro atoms. The van der Waals surface area contributed by atoms with Crippen LogP contribution in [0.25, 0.3) is 0 Å². The van der Waals surface area contributed by atoms with Gasteiger partial charge >= 0.3 is 0 Å². The Morgan fingerprint density at radius 1 is 1.29 bits per heavy atom. The van der Waals surface area contributed by atoms with Gasteiger partial charge < -0.3 is 15.2 Å². The zero-order valence-electron chi connectivity index (χ0n) is 10.2. The van der Waals surface area contributed by atoms with Gasteiger partial charge in [-0.25, -0.2) is 0 Å². The molecule has 2 atom stereocenters. The molecule has 1 aliphatic carbocycles. The number of nitrogens with two attached hydrogens (primary N) is 1. The van der Waals surface area contributed by atoms with E-state index < -0.39 is 0 Å². The van der Waals surface area contributed by atoms with E-state index in [0.717, 1.165) is 38.7 Å². The van der Waals surface area contributed by atoms with E-state index in [2.05, 4.69) is 0 Å². The van der Waals surface area contributed by atoms with Crippen LogP contribution in [0.5, 0.6) is 0 Å². The van der Waals surface area contributed by atoms with Crippen LogP contribution in [-0.2, 0) is 14.3 Å². The highest BCUT2D eigenvalue weighted by molar-refractivity contribution is 5.89. The van der Waals surface area contributed by atoms with Crippen LogP contribution in [0, 0.1) is 11.3 Å². The van der Waals surface area contributed by atoms with Crippen LogP contribution >= 0.6 is 0 Å². The number of ketones is 1. The van der Waals surface area contributed by atoms with Crippen molar-refractivity contribution in [2.24, 2.45) is 17.1 Å². The first kappa shape index (κ1) is 11.6. The van der Waals surface area contributed by atoms with Crippen LogP contribution < -0.4 is 5.73 Å². The molecule has 0 aromatic heterocycles. The maximum absolute atomic E-state index is 12.5. The van der Waals surface area contributed by atoms with Crippen LogP contribution in [0.15, 0.2) is 0 Å². The lowest BCUT2D eigenvalue weighted by molar-refractivity contribution is -0.141. The van der Waals surface area contributed by atoms with Crippen molar-refractivity contribution >= 4 is 5.78 Å². The zero-order valence-corrected chi connectivity index (χ0v) is 10.2. The first-order chi connectivity index (χ1) is 8.20. The van der Waals surface area contributed by atoms with Gasteiger partial charge in [0.2, 0.25) is 0 Å². The van der Waals surface area contributed by atoms with Gasteiger partial charge in [0.05, 0.1) is 12.2 Å². The fraction of sp³-hybridized carbons (Fsp3) is 0.923. The molecular formula is C13H21NO3. The van der Waals surface area contributed by atoms with Crippen LogP contribution in [0.1, 0.15) is 32.1 Å². The molecule has 96 valence electrons. The highest BCUT2D eigenvalue weighted by atomic mass is 16.6. The standard InChI is InChI=1S/C13H21NO3/c14-8-12(2-3-12)11(15)10-1-5-17-13(7-10)4-6-16-9-13/h10H,1-9,14H2. The second-order valence-electron chi connectivity index (χ2n) is 5.87. The van der Waals surface area contributed by atoms with Gasteiger partial charge in [-0.15, -0.1) is 0 Å². The monoisotopic (exact) mass is 239 g/mol. The Kier molecular flexibility index (Phi) is 2.76. The molecule has 0 aromatic rings. The van der Waals surface area contributed by atoms with E-state index >= 15 is 0 Å². The van der Waals surface area contributed by atoms with Crippen molar-refractivity contribution in [2.75, 3.05) is 26.4 Å². The predicted octanol–water partition coefficient (Wildman–Crippen LogP) is 0.880. The molecule has 3 aliphatic rings. The summed E-state index contributed by atoms with van der Waals surface area (Å²) < 4.78 is 11.3. The summed E-state index contributed by atoms with van der Waals surface area (Å²) in [6.45, 7) is 2.64. The van der Waals surface area contributed by atoms with E-state index in [-0.39, 0.29) is 16.9 Å². The Labute approximate surface area is 102 Å². The fourth-order valence-corrected chi connectivity index (χ4v) is 3.25. The SMILES string of the molecule is NCC1(C(=O)C2CCOC3(CCOC3)C2)CC1. The van der Waals surface area contributed by atoms with Crippen molar-refractivity contribution < 1.29 is 14.3 Å². The summed E-state index contributed by atoms with van der Waals surface area (Å²) in [5.74, 6) is 0.547. The average Bonchev–Trinajstić information content (AvgIpc) is 3.05. The molecule has 2 N–H and O–H groups in total. The highest BCUT2D eigenvalue weighted by Crippen LogP contribution is 2.49. The largest absolute Gasteiger partial charge is 0.378 e. The molecule has 2 heterocycles. The van der Waals surface area contributed by atoms with Crippen molar-refractivity contribution in [2.45, 2.75) is 37.7 Å². The minimum Gasteiger partial charge on any atom is -0.378 e. The summed E-state index contributed by atoms with van der Waals surface area (Å²) in [6.07, 6.45) is 4.62. The second-order valence-corrected chi connectivity index (χ2v) is 5.87. The normalized spacial score (nSPS) is 39.5. The minimum atomic E-state index is -0.164. The molecule has 4 heteroatoms. The Bertz CT molecular complexity index is 319. The van der Waals surface area contributed by atoms with Gasteiger partial charge in [-0.2, -0.15) is 0 Å². The van der Waals surface area contributed by atoms with Crippen molar-refractivity contribution in [3.05, 3.63) is 0 Å². The van der Waals surface area contributed by atoms with Gasteiger partial charge in [0.25, 0.3) is 0 Å². The van der Waals surface area contributed by atoms with Gasteiger partial charge in [-0.05, 0) is 25.7 Å². The van der Waals surface area contributed by atoms with Gasteiger partial charge in [0, 0.05) is 37.5 Å². The molecule has 3 rings (SSSR count). The van der Waals surface area contributed by atoms with Crippen molar-refractivity contribution in [3.63, 3.8) is 0 Å². The molecule has 2 unspecified atom stereocenters. The maximum atomic E-state index is 12.5. The quantitative estimate of drug-likeness (QED) is 0.794. The zero-order chi connectivity index (χ0) is 11.9. The van der Waals surface area contributed by atoms with E-state index in [0.29, 0.717) is 25.5 Å². The fourth-order valence-electron chi connectivity index (χ4n) is 3.25. The van der Waals surface area contributed by atoms with Crippen molar-refractivity contribution in [3.8, 4) is 0 Å². The topological polar surface area (TPSA) is 61.6 Å². The number of hydrogen-bond donors (Lipinski definition) is 1. The third-order valence-electron chi connectivity index (χ3n) is 4.70. The molecule has 4 nitrogen and oxygen atoms in total. The highest BCUT2D eigenvalue weighted by Gasteiger charge is 2.53. The van der Waals surface area contributed by atoms with Crippen LogP contribution in [0.3, 0.4) is 0 Å². The van der Waals surface area contributed by atoms with E-state index in [4.69, 9.17) is 15.2 Å². The Morgan fingerprint density at radius 2 is 2.12 bits per heavy atom. The van der Waals surface area contributed by atoms with Crippen LogP contribution in [0.2, 0.25) is 0 Å². The molecule has 2 aliphatic heterocycles. The summed E-state index contributed by atoms with van der Waals surface area (Å²) in [5.41, 5.74) is 5.42.